The molecule has 156 valence electrons. The predicted molar refractivity (Wildman–Crippen MR) is 132 cm³/mol. The second kappa shape index (κ2) is 8.96. The van der Waals surface area contributed by atoms with Crippen molar-refractivity contribution in [1.29, 1.82) is 0 Å². The van der Waals surface area contributed by atoms with Gasteiger partial charge in [0.2, 0.25) is 5.89 Å². The van der Waals surface area contributed by atoms with Crippen LogP contribution in [0.25, 0.3) is 22.6 Å². The van der Waals surface area contributed by atoms with Gasteiger partial charge >= 0.3 is 0 Å². The second-order valence-corrected chi connectivity index (χ2v) is 8.99. The van der Waals surface area contributed by atoms with Crippen molar-refractivity contribution in [3.63, 3.8) is 0 Å². The van der Waals surface area contributed by atoms with Gasteiger partial charge in [-0.25, -0.2) is 4.98 Å². The normalized spacial score (nSPS) is 10.8. The Balaban J connectivity index is 1.50. The number of amides is 1. The molecule has 0 bridgehead atoms. The summed E-state index contributed by atoms with van der Waals surface area (Å²) in [5.41, 5.74) is 2.83. The van der Waals surface area contributed by atoms with Crippen molar-refractivity contribution in [2.75, 3.05) is 5.32 Å². The molecule has 0 aliphatic rings. The number of fused-ring (bicyclic) bond motifs is 1. The highest BCUT2D eigenvalue weighted by Gasteiger charge is 2.14. The Kier molecular flexibility index (Phi) is 6.29. The van der Waals surface area contributed by atoms with E-state index >= 15 is 0 Å². The molecule has 0 aliphatic heterocycles. The first-order valence-corrected chi connectivity index (χ1v) is 11.1. The molecule has 4 rings (SSSR count). The van der Waals surface area contributed by atoms with E-state index in [1.54, 1.807) is 54.6 Å². The zero-order chi connectivity index (χ0) is 22.1. The molecule has 3 aromatic carbocycles. The van der Waals surface area contributed by atoms with Crippen LogP contribution in [0.5, 0.6) is 5.75 Å². The third-order valence-electron chi connectivity index (χ3n) is 4.24. The van der Waals surface area contributed by atoms with Gasteiger partial charge in [-0.2, -0.15) is 0 Å². The van der Waals surface area contributed by atoms with Crippen molar-refractivity contribution >= 4 is 83.5 Å². The molecule has 0 atom stereocenters. The molecular weight excluding hydrogens is 570 g/mol. The van der Waals surface area contributed by atoms with Gasteiger partial charge in [0.1, 0.15) is 11.3 Å². The number of phenolic OH excluding ortho intramolecular Hbond substituents is 1. The summed E-state index contributed by atoms with van der Waals surface area (Å²) in [5.74, 6) is 0.116. The van der Waals surface area contributed by atoms with E-state index in [4.69, 9.17) is 28.2 Å². The van der Waals surface area contributed by atoms with Gasteiger partial charge in [0.15, 0.2) is 10.7 Å². The lowest BCUT2D eigenvalue weighted by molar-refractivity contribution is 0.0978. The van der Waals surface area contributed by atoms with Crippen LogP contribution < -0.4 is 10.6 Å². The Labute approximate surface area is 203 Å². The number of rotatable bonds is 3. The van der Waals surface area contributed by atoms with E-state index in [0.717, 1.165) is 4.47 Å². The molecule has 0 saturated heterocycles. The largest absolute Gasteiger partial charge is 0.507 e. The number of anilines is 1. The van der Waals surface area contributed by atoms with Crippen molar-refractivity contribution in [3.05, 3.63) is 74.1 Å². The Bertz CT molecular complexity index is 1340. The standard InChI is InChI=1S/C21H12Br2ClN3O3S/c22-11-2-4-15(24)13(8-11)19(29)27-21(31)25-12-3-6-18-16(9-12)26-20(30-18)10-1-5-17(28)14(23)7-10/h1-9,28H,(H2,25,27,29,31). The van der Waals surface area contributed by atoms with Crippen LogP contribution in [0.3, 0.4) is 0 Å². The third kappa shape index (κ3) is 4.90. The maximum absolute atomic E-state index is 12.4. The molecule has 0 radical (unpaired) electrons. The Morgan fingerprint density at radius 2 is 1.90 bits per heavy atom. The van der Waals surface area contributed by atoms with Crippen LogP contribution in [0.2, 0.25) is 5.02 Å². The lowest BCUT2D eigenvalue weighted by atomic mass is 10.2. The van der Waals surface area contributed by atoms with Crippen LogP contribution in [-0.4, -0.2) is 21.1 Å². The van der Waals surface area contributed by atoms with Crippen LogP contribution in [0, 0.1) is 0 Å². The van der Waals surface area contributed by atoms with E-state index in [1.165, 1.54) is 0 Å². The summed E-state index contributed by atoms with van der Waals surface area (Å²) in [6, 6.07) is 15.2. The number of carbonyl (C=O) groups excluding carboxylic acids is 1. The minimum Gasteiger partial charge on any atom is -0.507 e. The second-order valence-electron chi connectivity index (χ2n) is 6.40. The number of aromatic nitrogens is 1. The highest BCUT2D eigenvalue weighted by Crippen LogP contribution is 2.31. The highest BCUT2D eigenvalue weighted by atomic mass is 79.9. The first-order valence-electron chi connectivity index (χ1n) is 8.77. The number of oxazole rings is 1. The van der Waals surface area contributed by atoms with Gasteiger partial charge in [-0.3, -0.25) is 10.1 Å². The third-order valence-corrected chi connectivity index (χ3v) is 5.90. The average molecular weight is 582 g/mol. The van der Waals surface area contributed by atoms with Crippen molar-refractivity contribution < 1.29 is 14.3 Å². The monoisotopic (exact) mass is 579 g/mol. The van der Waals surface area contributed by atoms with Crippen LogP contribution in [-0.2, 0) is 0 Å². The molecule has 0 spiro atoms. The minimum atomic E-state index is -0.425. The number of hydrogen-bond donors (Lipinski definition) is 3. The molecule has 0 unspecified atom stereocenters. The van der Waals surface area contributed by atoms with Gasteiger partial charge in [0.25, 0.3) is 5.91 Å². The van der Waals surface area contributed by atoms with E-state index in [9.17, 15) is 9.90 Å². The number of thiocarbonyl (C=S) groups is 1. The fraction of sp³-hybridized carbons (Fsp3) is 0. The first kappa shape index (κ1) is 21.8. The number of aromatic hydroxyl groups is 1. The fourth-order valence-corrected chi connectivity index (χ4v) is 3.93. The Morgan fingerprint density at radius 1 is 1.10 bits per heavy atom. The maximum atomic E-state index is 12.4. The van der Waals surface area contributed by atoms with Gasteiger partial charge in [-0.1, -0.05) is 27.5 Å². The molecule has 3 N–H and O–H groups in total. The Hall–Kier alpha value is -2.46. The van der Waals surface area contributed by atoms with Crippen LogP contribution in [0.1, 0.15) is 10.4 Å². The predicted octanol–water partition coefficient (Wildman–Crippen LogP) is 6.51. The molecular formula is C21H12Br2ClN3O3S. The van der Waals surface area contributed by atoms with Crippen molar-refractivity contribution in [1.82, 2.24) is 10.3 Å². The molecule has 4 aromatic rings. The molecule has 6 nitrogen and oxygen atoms in total. The van der Waals surface area contributed by atoms with Gasteiger partial charge in [0.05, 0.1) is 15.1 Å². The van der Waals surface area contributed by atoms with Crippen molar-refractivity contribution in [2.45, 2.75) is 0 Å². The summed E-state index contributed by atoms with van der Waals surface area (Å²) < 4.78 is 7.07. The van der Waals surface area contributed by atoms with Gasteiger partial charge in [0, 0.05) is 15.7 Å². The van der Waals surface area contributed by atoms with Gasteiger partial charge < -0.3 is 14.8 Å². The van der Waals surface area contributed by atoms with E-state index in [-0.39, 0.29) is 10.9 Å². The summed E-state index contributed by atoms with van der Waals surface area (Å²) in [6.45, 7) is 0. The number of nitrogens with one attached hydrogen (secondary N) is 2. The van der Waals surface area contributed by atoms with Gasteiger partial charge in [-0.15, -0.1) is 0 Å². The highest BCUT2D eigenvalue weighted by molar-refractivity contribution is 9.10. The van der Waals surface area contributed by atoms with Gasteiger partial charge in [-0.05, 0) is 82.7 Å². The lowest BCUT2D eigenvalue weighted by Crippen LogP contribution is -2.34. The number of carbonyl (C=O) groups is 1. The molecule has 0 saturated carbocycles. The fourth-order valence-electron chi connectivity index (χ4n) is 2.77. The summed E-state index contributed by atoms with van der Waals surface area (Å²) in [4.78, 5) is 16.9. The van der Waals surface area contributed by atoms with E-state index in [2.05, 4.69) is 47.5 Å². The summed E-state index contributed by atoms with van der Waals surface area (Å²) in [7, 11) is 0. The van der Waals surface area contributed by atoms with E-state index in [0.29, 0.717) is 43.3 Å². The zero-order valence-corrected chi connectivity index (χ0v) is 20.2. The van der Waals surface area contributed by atoms with Crippen LogP contribution >= 0.6 is 55.7 Å². The zero-order valence-electron chi connectivity index (χ0n) is 15.4. The summed E-state index contributed by atoms with van der Waals surface area (Å²) in [5, 5.41) is 15.7. The number of nitrogens with zero attached hydrogens (tertiary/aromatic N) is 1. The van der Waals surface area contributed by atoms with Crippen molar-refractivity contribution in [3.8, 4) is 17.2 Å². The number of hydrogen-bond acceptors (Lipinski definition) is 5. The van der Waals surface area contributed by atoms with E-state index in [1.807, 2.05) is 0 Å². The maximum Gasteiger partial charge on any atom is 0.258 e. The summed E-state index contributed by atoms with van der Waals surface area (Å²) in [6.07, 6.45) is 0. The number of benzene rings is 3. The van der Waals surface area contributed by atoms with Crippen LogP contribution in [0.4, 0.5) is 5.69 Å². The number of phenols is 1. The molecule has 1 amide bonds. The average Bonchev–Trinajstić information content (AvgIpc) is 3.15. The molecule has 31 heavy (non-hydrogen) atoms. The number of halogens is 3. The molecule has 0 aliphatic carbocycles. The molecule has 1 heterocycles. The van der Waals surface area contributed by atoms with E-state index < -0.39 is 5.91 Å². The minimum absolute atomic E-state index is 0.117. The smallest absolute Gasteiger partial charge is 0.258 e. The Morgan fingerprint density at radius 3 is 2.68 bits per heavy atom. The lowest BCUT2D eigenvalue weighted by Gasteiger charge is -2.10. The molecule has 10 heteroatoms. The summed E-state index contributed by atoms with van der Waals surface area (Å²) >= 11 is 17.9. The SMILES string of the molecule is O=C(NC(=S)Nc1ccc2oc(-c3ccc(O)c(Br)c3)nc2c1)c1cc(Br)ccc1Cl. The van der Waals surface area contributed by atoms with Crippen LogP contribution in [0.15, 0.2) is 68.0 Å². The first-order chi connectivity index (χ1) is 14.8. The quantitative estimate of drug-likeness (QED) is 0.239. The topological polar surface area (TPSA) is 87.4 Å². The molecule has 1 aromatic heterocycles. The molecule has 0 fully saturated rings. The van der Waals surface area contributed by atoms with Crippen molar-refractivity contribution in [2.24, 2.45) is 0 Å².